The summed E-state index contributed by atoms with van der Waals surface area (Å²) in [5.41, 5.74) is 0.607. The van der Waals surface area contributed by atoms with Gasteiger partial charge in [0, 0.05) is 43.8 Å². The Morgan fingerprint density at radius 2 is 1.78 bits per heavy atom. The molecule has 0 N–H and O–H groups in total. The fraction of sp³-hybridized carbons (Fsp3) is 0.500. The molecule has 0 aliphatic carbocycles. The lowest BCUT2D eigenvalue weighted by molar-refractivity contribution is -0.384. The van der Waals surface area contributed by atoms with Gasteiger partial charge in [-0.05, 0) is 24.1 Å². The van der Waals surface area contributed by atoms with E-state index in [2.05, 4.69) is 0 Å². The number of nitrogens with zero attached hydrogens (tertiary/aromatic N) is 3. The first-order valence-corrected chi connectivity index (χ1v) is 11.1. The highest BCUT2D eigenvalue weighted by Crippen LogP contribution is 2.40. The number of carbonyl (C=O) groups is 2. The second-order valence-electron chi connectivity index (χ2n) is 6.29. The van der Waals surface area contributed by atoms with E-state index >= 15 is 0 Å². The molecule has 2 aliphatic heterocycles. The molecule has 2 saturated heterocycles. The minimum atomic E-state index is -3.70. The van der Waals surface area contributed by atoms with Crippen molar-refractivity contribution in [2.45, 2.75) is 24.6 Å². The summed E-state index contributed by atoms with van der Waals surface area (Å²) in [6.45, 7) is 0.171. The third-order valence-electron chi connectivity index (χ3n) is 4.55. The first kappa shape index (κ1) is 19.8. The highest BCUT2D eigenvalue weighted by Gasteiger charge is 2.37. The first-order valence-electron chi connectivity index (χ1n) is 8.48. The number of piperidine rings is 1. The van der Waals surface area contributed by atoms with Gasteiger partial charge in [-0.3, -0.25) is 24.6 Å². The summed E-state index contributed by atoms with van der Waals surface area (Å²) in [5.74, 6) is -0.384. The Kier molecular flexibility index (Phi) is 5.82. The van der Waals surface area contributed by atoms with Crippen LogP contribution in [0, 0.1) is 10.1 Å². The molecule has 146 valence electrons. The van der Waals surface area contributed by atoms with Crippen LogP contribution in [-0.4, -0.2) is 59.0 Å². The van der Waals surface area contributed by atoms with Gasteiger partial charge in [0.25, 0.3) is 5.69 Å². The molecule has 1 aromatic rings. The number of hydrogen-bond donors (Lipinski definition) is 0. The van der Waals surface area contributed by atoms with Crippen LogP contribution in [0.5, 0.6) is 0 Å². The molecule has 2 fully saturated rings. The standard InChI is InChI=1S/C16H19N3O6S2/c20-14-2-1-3-15(21)17(14)9-11-27(24,25)18-8-10-26-16(18)12-4-6-13(7-5-12)19(22)23/h4-7,16H,1-3,8-11H2. The summed E-state index contributed by atoms with van der Waals surface area (Å²) in [7, 11) is -3.70. The number of carbonyl (C=O) groups excluding carboxylic acids is 2. The quantitative estimate of drug-likeness (QED) is 0.394. The van der Waals surface area contributed by atoms with E-state index < -0.39 is 20.3 Å². The van der Waals surface area contributed by atoms with Crippen molar-refractivity contribution in [1.29, 1.82) is 0 Å². The van der Waals surface area contributed by atoms with Gasteiger partial charge in [-0.15, -0.1) is 11.8 Å². The van der Waals surface area contributed by atoms with E-state index in [1.807, 2.05) is 0 Å². The number of non-ortho nitro benzene ring substituents is 1. The summed E-state index contributed by atoms with van der Waals surface area (Å²) in [5, 5.41) is 10.3. The largest absolute Gasteiger partial charge is 0.282 e. The van der Waals surface area contributed by atoms with Crippen LogP contribution in [-0.2, 0) is 19.6 Å². The smallest absolute Gasteiger partial charge is 0.269 e. The van der Waals surface area contributed by atoms with Crippen LogP contribution in [0.1, 0.15) is 30.2 Å². The minimum absolute atomic E-state index is 0.0572. The molecular formula is C16H19N3O6S2. The number of hydrogen-bond acceptors (Lipinski definition) is 7. The maximum Gasteiger partial charge on any atom is 0.269 e. The second kappa shape index (κ2) is 7.95. The zero-order chi connectivity index (χ0) is 19.6. The highest BCUT2D eigenvalue weighted by atomic mass is 32.2. The van der Waals surface area contributed by atoms with Crippen LogP contribution >= 0.6 is 11.8 Å². The lowest BCUT2D eigenvalue weighted by Gasteiger charge is -2.27. The monoisotopic (exact) mass is 413 g/mol. The summed E-state index contributed by atoms with van der Waals surface area (Å²) < 4.78 is 27.0. The Morgan fingerprint density at radius 1 is 1.15 bits per heavy atom. The van der Waals surface area contributed by atoms with Gasteiger partial charge in [-0.2, -0.15) is 4.31 Å². The van der Waals surface area contributed by atoms with E-state index in [1.54, 1.807) is 12.1 Å². The SMILES string of the molecule is O=C1CCCC(=O)N1CCS(=O)(=O)N1CCSC1c1ccc([N+](=O)[O-])cc1. The predicted octanol–water partition coefficient (Wildman–Crippen LogP) is 1.51. The zero-order valence-electron chi connectivity index (χ0n) is 14.4. The molecule has 9 nitrogen and oxygen atoms in total. The molecule has 1 aromatic carbocycles. The molecule has 27 heavy (non-hydrogen) atoms. The van der Waals surface area contributed by atoms with Crippen molar-refractivity contribution in [3.05, 3.63) is 39.9 Å². The molecule has 1 atom stereocenters. The maximum atomic E-state index is 12.8. The van der Waals surface area contributed by atoms with Gasteiger partial charge in [-0.1, -0.05) is 0 Å². The minimum Gasteiger partial charge on any atom is -0.282 e. The van der Waals surface area contributed by atoms with Crippen molar-refractivity contribution >= 4 is 39.3 Å². The Hall–Kier alpha value is -1.98. The summed E-state index contributed by atoms with van der Waals surface area (Å²) in [4.78, 5) is 35.0. The number of thioether (sulfide) groups is 1. The average Bonchev–Trinajstić information content (AvgIpc) is 3.12. The molecule has 0 bridgehead atoms. The van der Waals surface area contributed by atoms with E-state index in [0.717, 1.165) is 4.90 Å². The number of benzene rings is 1. The topological polar surface area (TPSA) is 118 Å². The molecule has 2 heterocycles. The number of rotatable bonds is 6. The zero-order valence-corrected chi connectivity index (χ0v) is 16.1. The van der Waals surface area contributed by atoms with Gasteiger partial charge < -0.3 is 0 Å². The number of amides is 2. The summed E-state index contributed by atoms with van der Waals surface area (Å²) in [6, 6.07) is 5.82. The van der Waals surface area contributed by atoms with Crippen LogP contribution < -0.4 is 0 Å². The van der Waals surface area contributed by atoms with Crippen LogP contribution in [0.4, 0.5) is 5.69 Å². The normalized spacial score (nSPS) is 21.6. The van der Waals surface area contributed by atoms with Crippen molar-refractivity contribution in [3.8, 4) is 0 Å². The van der Waals surface area contributed by atoms with Crippen molar-refractivity contribution in [2.75, 3.05) is 24.6 Å². The Morgan fingerprint density at radius 3 is 2.37 bits per heavy atom. The molecule has 2 amide bonds. The van der Waals surface area contributed by atoms with E-state index in [4.69, 9.17) is 0 Å². The van der Waals surface area contributed by atoms with Crippen LogP contribution in [0.15, 0.2) is 24.3 Å². The summed E-state index contributed by atoms with van der Waals surface area (Å²) >= 11 is 1.44. The van der Waals surface area contributed by atoms with E-state index in [0.29, 0.717) is 24.3 Å². The number of likely N-dealkylation sites (tertiary alicyclic amines) is 1. The molecule has 0 saturated carbocycles. The van der Waals surface area contributed by atoms with E-state index in [1.165, 1.54) is 28.2 Å². The predicted molar refractivity (Wildman–Crippen MR) is 99.4 cm³/mol. The lowest BCUT2D eigenvalue weighted by atomic mass is 10.1. The Balaban J connectivity index is 1.72. The maximum absolute atomic E-state index is 12.8. The second-order valence-corrected chi connectivity index (χ2v) is 9.52. The van der Waals surface area contributed by atoms with Gasteiger partial charge >= 0.3 is 0 Å². The Bertz CT molecular complexity index is 839. The highest BCUT2D eigenvalue weighted by molar-refractivity contribution is 8.00. The van der Waals surface area contributed by atoms with Gasteiger partial charge in [-0.25, -0.2) is 8.42 Å². The number of nitro groups is 1. The van der Waals surface area contributed by atoms with E-state index in [-0.39, 0.29) is 42.6 Å². The van der Waals surface area contributed by atoms with Gasteiger partial charge in [0.1, 0.15) is 0 Å². The number of sulfonamides is 1. The molecule has 0 aromatic heterocycles. The molecule has 0 spiro atoms. The number of nitro benzene ring substituents is 1. The fourth-order valence-electron chi connectivity index (χ4n) is 3.14. The first-order chi connectivity index (χ1) is 12.8. The third-order valence-corrected chi connectivity index (χ3v) is 7.75. The van der Waals surface area contributed by atoms with Crippen molar-refractivity contribution < 1.29 is 22.9 Å². The third kappa shape index (κ3) is 4.30. The van der Waals surface area contributed by atoms with Crippen molar-refractivity contribution in [3.63, 3.8) is 0 Å². The van der Waals surface area contributed by atoms with Gasteiger partial charge in [0.15, 0.2) is 0 Å². The van der Waals surface area contributed by atoms with E-state index in [9.17, 15) is 28.1 Å². The van der Waals surface area contributed by atoms with Gasteiger partial charge in [0.2, 0.25) is 21.8 Å². The van der Waals surface area contributed by atoms with Crippen LogP contribution in [0.3, 0.4) is 0 Å². The average molecular weight is 413 g/mol. The van der Waals surface area contributed by atoms with Crippen molar-refractivity contribution in [2.24, 2.45) is 0 Å². The van der Waals surface area contributed by atoms with Crippen molar-refractivity contribution in [1.82, 2.24) is 9.21 Å². The molecule has 2 aliphatic rings. The molecular weight excluding hydrogens is 394 g/mol. The molecule has 0 radical (unpaired) electrons. The van der Waals surface area contributed by atoms with Gasteiger partial charge in [0.05, 0.1) is 16.1 Å². The fourth-order valence-corrected chi connectivity index (χ4v) is 6.40. The van der Waals surface area contributed by atoms with Crippen LogP contribution in [0.2, 0.25) is 0 Å². The Labute approximate surface area is 160 Å². The number of imide groups is 1. The summed E-state index contributed by atoms with van der Waals surface area (Å²) in [6.07, 6.45) is 1.03. The molecule has 3 rings (SSSR count). The van der Waals surface area contributed by atoms with Crippen LogP contribution in [0.25, 0.3) is 0 Å². The molecule has 1 unspecified atom stereocenters. The molecule has 11 heteroatoms. The lowest BCUT2D eigenvalue weighted by Crippen LogP contribution is -2.44.